The lowest BCUT2D eigenvalue weighted by Gasteiger charge is -2.17. The molecule has 1 aliphatic rings. The van der Waals surface area contributed by atoms with Gasteiger partial charge in [-0.25, -0.2) is 9.97 Å². The maximum atomic E-state index is 4.75. The molecule has 1 saturated heterocycles. The van der Waals surface area contributed by atoms with Gasteiger partial charge in [0, 0.05) is 17.3 Å². The fraction of sp³-hybridized carbons (Fsp3) is 0.429. The highest BCUT2D eigenvalue weighted by Crippen LogP contribution is 2.29. The fourth-order valence-electron chi connectivity index (χ4n) is 3.30. The largest absolute Gasteiger partial charge is 0.296 e. The summed E-state index contributed by atoms with van der Waals surface area (Å²) in [5, 5.41) is 10.8. The van der Waals surface area contributed by atoms with E-state index in [1.54, 1.807) is 0 Å². The summed E-state index contributed by atoms with van der Waals surface area (Å²) in [7, 11) is 0. The van der Waals surface area contributed by atoms with E-state index in [9.17, 15) is 0 Å². The van der Waals surface area contributed by atoms with Crippen LogP contribution in [0.15, 0.2) is 52.8 Å². The quantitative estimate of drug-likeness (QED) is 0.607. The zero-order valence-corrected chi connectivity index (χ0v) is 17.5. The van der Waals surface area contributed by atoms with E-state index in [0.717, 1.165) is 47.2 Å². The Labute approximate surface area is 170 Å². The van der Waals surface area contributed by atoms with Crippen molar-refractivity contribution in [1.82, 2.24) is 29.6 Å². The lowest BCUT2D eigenvalue weighted by Crippen LogP contribution is -2.21. The van der Waals surface area contributed by atoms with Crippen molar-refractivity contribution < 1.29 is 0 Å². The van der Waals surface area contributed by atoms with Crippen molar-refractivity contribution in [3.63, 3.8) is 0 Å². The van der Waals surface area contributed by atoms with E-state index < -0.39 is 0 Å². The van der Waals surface area contributed by atoms with Gasteiger partial charge in [0.15, 0.2) is 5.82 Å². The van der Waals surface area contributed by atoms with Gasteiger partial charge < -0.3 is 0 Å². The first kappa shape index (κ1) is 19.1. The summed E-state index contributed by atoms with van der Waals surface area (Å²) < 4.78 is 2.15. The highest BCUT2D eigenvalue weighted by atomic mass is 32.2. The molecule has 28 heavy (non-hydrogen) atoms. The van der Waals surface area contributed by atoms with Crippen LogP contribution in [0.5, 0.6) is 0 Å². The summed E-state index contributed by atoms with van der Waals surface area (Å²) in [6, 6.07) is 12.3. The van der Waals surface area contributed by atoms with E-state index >= 15 is 0 Å². The molecule has 1 aliphatic heterocycles. The summed E-state index contributed by atoms with van der Waals surface area (Å²) in [4.78, 5) is 11.6. The van der Waals surface area contributed by atoms with Crippen molar-refractivity contribution >= 4 is 11.8 Å². The van der Waals surface area contributed by atoms with Crippen LogP contribution in [0.1, 0.15) is 45.3 Å². The molecule has 7 heteroatoms. The zero-order chi connectivity index (χ0) is 19.6. The maximum absolute atomic E-state index is 4.75. The van der Waals surface area contributed by atoms with Gasteiger partial charge >= 0.3 is 0 Å². The first-order chi connectivity index (χ1) is 13.5. The minimum atomic E-state index is -0.0927. The van der Waals surface area contributed by atoms with E-state index in [1.165, 1.54) is 24.6 Å². The third-order valence-electron chi connectivity index (χ3n) is 4.78. The number of hydrogen-bond donors (Lipinski definition) is 0. The van der Waals surface area contributed by atoms with Gasteiger partial charge in [0.2, 0.25) is 5.16 Å². The molecule has 3 heterocycles. The van der Waals surface area contributed by atoms with Crippen LogP contribution in [0.4, 0.5) is 0 Å². The Morgan fingerprint density at radius 1 is 1.00 bits per heavy atom. The lowest BCUT2D eigenvalue weighted by atomic mass is 9.96. The van der Waals surface area contributed by atoms with Crippen molar-refractivity contribution in [3.05, 3.63) is 54.2 Å². The van der Waals surface area contributed by atoms with Gasteiger partial charge in [-0.15, -0.1) is 10.2 Å². The Kier molecular flexibility index (Phi) is 5.46. The molecule has 1 aromatic carbocycles. The fourth-order valence-corrected chi connectivity index (χ4v) is 4.13. The van der Waals surface area contributed by atoms with Crippen molar-refractivity contribution in [3.8, 4) is 5.69 Å². The second kappa shape index (κ2) is 8.01. The van der Waals surface area contributed by atoms with Crippen molar-refractivity contribution in [2.45, 2.75) is 55.8 Å². The average molecular weight is 395 g/mol. The third kappa shape index (κ3) is 4.25. The van der Waals surface area contributed by atoms with Gasteiger partial charge in [0.1, 0.15) is 10.9 Å². The summed E-state index contributed by atoms with van der Waals surface area (Å²) >= 11 is 1.54. The van der Waals surface area contributed by atoms with Crippen molar-refractivity contribution in [1.29, 1.82) is 0 Å². The predicted octanol–water partition coefficient (Wildman–Crippen LogP) is 4.10. The van der Waals surface area contributed by atoms with Crippen LogP contribution in [-0.4, -0.2) is 42.7 Å². The smallest absolute Gasteiger partial charge is 0.202 e. The Morgan fingerprint density at radius 2 is 1.75 bits per heavy atom. The normalized spacial score (nSPS) is 15.2. The van der Waals surface area contributed by atoms with Crippen LogP contribution in [0.2, 0.25) is 0 Å². The Hall–Kier alpha value is -2.25. The highest BCUT2D eigenvalue weighted by Gasteiger charge is 2.21. The van der Waals surface area contributed by atoms with E-state index in [-0.39, 0.29) is 5.41 Å². The first-order valence-corrected chi connectivity index (χ1v) is 10.6. The first-order valence-electron chi connectivity index (χ1n) is 9.74. The van der Waals surface area contributed by atoms with Crippen molar-refractivity contribution in [2.75, 3.05) is 13.1 Å². The Balaban J connectivity index is 1.68. The van der Waals surface area contributed by atoms with Gasteiger partial charge in [0.25, 0.3) is 0 Å². The molecule has 0 saturated carbocycles. The Morgan fingerprint density at radius 3 is 2.46 bits per heavy atom. The highest BCUT2D eigenvalue weighted by molar-refractivity contribution is 7.99. The predicted molar refractivity (Wildman–Crippen MR) is 111 cm³/mol. The average Bonchev–Trinajstić information content (AvgIpc) is 3.33. The van der Waals surface area contributed by atoms with Gasteiger partial charge in [-0.2, -0.15) is 0 Å². The number of benzene rings is 1. The van der Waals surface area contributed by atoms with Crippen LogP contribution >= 0.6 is 11.8 Å². The van der Waals surface area contributed by atoms with Crippen molar-refractivity contribution in [2.24, 2.45) is 0 Å². The van der Waals surface area contributed by atoms with E-state index in [4.69, 9.17) is 4.98 Å². The molecule has 2 aromatic heterocycles. The van der Waals surface area contributed by atoms with Crippen LogP contribution in [-0.2, 0) is 12.0 Å². The summed E-state index contributed by atoms with van der Waals surface area (Å²) in [5.41, 5.74) is 0.985. The summed E-state index contributed by atoms with van der Waals surface area (Å²) in [6.07, 6.45) is 4.35. The van der Waals surface area contributed by atoms with Gasteiger partial charge in [-0.3, -0.25) is 9.47 Å². The van der Waals surface area contributed by atoms with Crippen LogP contribution in [0, 0.1) is 0 Å². The standard InChI is InChI=1S/C21H26N6S/c1-21(2,3)19-22-12-11-18(23-19)28-20-25-24-17(15-26-13-7-8-14-26)27(20)16-9-5-4-6-10-16/h4-6,9-12H,7-8,13-15H2,1-3H3. The zero-order valence-electron chi connectivity index (χ0n) is 16.7. The molecule has 0 unspecified atom stereocenters. The SMILES string of the molecule is CC(C)(C)c1nccc(Sc2nnc(CN3CCCC3)n2-c2ccccc2)n1. The van der Waals surface area contributed by atoms with Gasteiger partial charge in [-0.1, -0.05) is 39.0 Å². The van der Waals surface area contributed by atoms with Crippen LogP contribution in [0.3, 0.4) is 0 Å². The third-order valence-corrected chi connectivity index (χ3v) is 5.66. The van der Waals surface area contributed by atoms with E-state index in [1.807, 2.05) is 30.5 Å². The maximum Gasteiger partial charge on any atom is 0.202 e. The summed E-state index contributed by atoms with van der Waals surface area (Å²) in [5.74, 6) is 1.81. The number of para-hydroxylation sites is 1. The van der Waals surface area contributed by atoms with E-state index in [2.05, 4.69) is 57.6 Å². The van der Waals surface area contributed by atoms with Crippen LogP contribution in [0.25, 0.3) is 5.69 Å². The number of rotatable bonds is 5. The monoisotopic (exact) mass is 394 g/mol. The molecule has 0 bridgehead atoms. The molecule has 0 N–H and O–H groups in total. The second-order valence-corrected chi connectivity index (χ2v) is 9.11. The number of likely N-dealkylation sites (tertiary alicyclic amines) is 1. The molecule has 0 aliphatic carbocycles. The molecule has 3 aromatic rings. The molecule has 0 spiro atoms. The van der Waals surface area contributed by atoms with E-state index in [0.29, 0.717) is 0 Å². The van der Waals surface area contributed by atoms with Gasteiger partial charge in [0.05, 0.1) is 6.54 Å². The summed E-state index contributed by atoms with van der Waals surface area (Å²) in [6.45, 7) is 9.45. The minimum absolute atomic E-state index is 0.0927. The lowest BCUT2D eigenvalue weighted by molar-refractivity contribution is 0.319. The molecule has 1 fully saturated rings. The molecule has 6 nitrogen and oxygen atoms in total. The Bertz CT molecular complexity index is 926. The van der Waals surface area contributed by atoms with Crippen LogP contribution < -0.4 is 0 Å². The number of aromatic nitrogens is 5. The molecule has 4 rings (SSSR count). The molecular formula is C21H26N6S. The molecule has 0 atom stereocenters. The molecule has 0 radical (unpaired) electrons. The van der Waals surface area contributed by atoms with Gasteiger partial charge in [-0.05, 0) is 55.9 Å². The molecule has 0 amide bonds. The molecular weight excluding hydrogens is 368 g/mol. The minimum Gasteiger partial charge on any atom is -0.296 e. The topological polar surface area (TPSA) is 59.7 Å². The number of hydrogen-bond acceptors (Lipinski definition) is 6. The molecule has 146 valence electrons. The second-order valence-electron chi connectivity index (χ2n) is 8.12. The number of nitrogens with zero attached hydrogens (tertiary/aromatic N) is 6.